The maximum absolute atomic E-state index is 13.9. The fraction of sp³-hybridized carbons (Fsp3) is 0.222. The first-order chi connectivity index (χ1) is 12.5. The zero-order valence-electron chi connectivity index (χ0n) is 13.8. The predicted octanol–water partition coefficient (Wildman–Crippen LogP) is 1.46. The summed E-state index contributed by atoms with van der Waals surface area (Å²) in [5.41, 5.74) is 1.53. The quantitative estimate of drug-likeness (QED) is 0.694. The highest BCUT2D eigenvalue weighted by molar-refractivity contribution is 5.98. The lowest BCUT2D eigenvalue weighted by atomic mass is 10.1. The first kappa shape index (κ1) is 16.3. The van der Waals surface area contributed by atoms with E-state index in [-0.39, 0.29) is 22.8 Å². The second-order valence-electron chi connectivity index (χ2n) is 6.23. The number of benzene rings is 1. The van der Waals surface area contributed by atoms with Gasteiger partial charge in [-0.05, 0) is 17.2 Å². The monoisotopic (exact) mass is 354 g/mol. The Labute approximate surface area is 147 Å². The van der Waals surface area contributed by atoms with Crippen molar-refractivity contribution in [3.63, 3.8) is 0 Å². The second-order valence-corrected chi connectivity index (χ2v) is 6.23. The highest BCUT2D eigenvalue weighted by Gasteiger charge is 2.32. The molecule has 26 heavy (non-hydrogen) atoms. The third kappa shape index (κ3) is 2.55. The fourth-order valence-corrected chi connectivity index (χ4v) is 3.27. The molecular formula is C18H15FN4O3. The zero-order chi connectivity index (χ0) is 18.4. The zero-order valence-corrected chi connectivity index (χ0v) is 13.8. The second kappa shape index (κ2) is 5.99. The van der Waals surface area contributed by atoms with Crippen LogP contribution in [-0.4, -0.2) is 37.5 Å². The molecule has 0 unspecified atom stereocenters. The summed E-state index contributed by atoms with van der Waals surface area (Å²) < 4.78 is 14.9. The summed E-state index contributed by atoms with van der Waals surface area (Å²) in [4.78, 5) is 28.5. The molecule has 0 saturated heterocycles. The molecule has 2 N–H and O–H groups in total. The van der Waals surface area contributed by atoms with Crippen molar-refractivity contribution in [2.75, 3.05) is 0 Å². The molecule has 0 radical (unpaired) electrons. The first-order valence-electron chi connectivity index (χ1n) is 8.07. The number of ketones is 1. The van der Waals surface area contributed by atoms with Crippen LogP contribution in [-0.2, 0) is 6.42 Å². The number of fused-ring (bicyclic) bond motifs is 2. The fourth-order valence-electron chi connectivity index (χ4n) is 3.27. The summed E-state index contributed by atoms with van der Waals surface area (Å²) in [5, 5.41) is 16.8. The van der Waals surface area contributed by atoms with E-state index in [1.54, 1.807) is 0 Å². The van der Waals surface area contributed by atoms with E-state index in [2.05, 4.69) is 15.4 Å². The van der Waals surface area contributed by atoms with Crippen LogP contribution in [0, 0.1) is 5.82 Å². The molecule has 8 heteroatoms. The number of hydrogen-bond donors (Lipinski definition) is 2. The maximum Gasteiger partial charge on any atom is 0.270 e. The van der Waals surface area contributed by atoms with E-state index in [4.69, 9.17) is 0 Å². The minimum absolute atomic E-state index is 0.0522. The minimum atomic E-state index is -0.765. The van der Waals surface area contributed by atoms with Crippen LogP contribution in [0.5, 0.6) is 0 Å². The molecule has 0 fully saturated rings. The molecule has 3 aromatic rings. The number of Topliss-reactive ketones (excluding diaryl/α,β-unsaturated/α-hetero) is 1. The molecule has 2 atom stereocenters. The first-order valence-corrected chi connectivity index (χ1v) is 8.07. The molecule has 0 saturated carbocycles. The molecule has 1 aliphatic carbocycles. The van der Waals surface area contributed by atoms with E-state index in [1.807, 2.05) is 24.3 Å². The van der Waals surface area contributed by atoms with Crippen LogP contribution in [0.25, 0.3) is 5.65 Å². The summed E-state index contributed by atoms with van der Waals surface area (Å²) in [6.45, 7) is 1.30. The van der Waals surface area contributed by atoms with Crippen LogP contribution < -0.4 is 5.32 Å². The molecule has 0 spiro atoms. The molecule has 0 aliphatic heterocycles. The largest absolute Gasteiger partial charge is 0.390 e. The smallest absolute Gasteiger partial charge is 0.270 e. The number of nitrogens with zero attached hydrogens (tertiary/aromatic N) is 3. The van der Waals surface area contributed by atoms with Crippen molar-refractivity contribution in [1.82, 2.24) is 19.9 Å². The Morgan fingerprint density at radius 3 is 2.88 bits per heavy atom. The standard InChI is InChI=1S/C18H15FN4O3/c1-9(24)14-7-13(21-17-12(19)8-20-23(14)17)18(26)22-16-11-5-3-2-4-10(11)6-15(16)25/h2-5,7-8,15-16,25H,6H2,1H3,(H,22,26)/t15-,16+/m1/s1. The normalized spacial score (nSPS) is 18.7. The van der Waals surface area contributed by atoms with Gasteiger partial charge in [-0.15, -0.1) is 0 Å². The highest BCUT2D eigenvalue weighted by Crippen LogP contribution is 2.31. The van der Waals surface area contributed by atoms with E-state index in [0.717, 1.165) is 21.8 Å². The summed E-state index contributed by atoms with van der Waals surface area (Å²) >= 11 is 0. The molecule has 132 valence electrons. The molecule has 4 rings (SSSR count). The van der Waals surface area contributed by atoms with E-state index >= 15 is 0 Å². The van der Waals surface area contributed by atoms with Gasteiger partial charge in [-0.2, -0.15) is 5.10 Å². The Morgan fingerprint density at radius 2 is 2.12 bits per heavy atom. The van der Waals surface area contributed by atoms with Crippen molar-refractivity contribution in [2.24, 2.45) is 0 Å². The molecule has 1 amide bonds. The van der Waals surface area contributed by atoms with Crippen LogP contribution in [0.2, 0.25) is 0 Å². The Morgan fingerprint density at radius 1 is 1.35 bits per heavy atom. The van der Waals surface area contributed by atoms with Gasteiger partial charge in [0.05, 0.1) is 18.3 Å². The van der Waals surface area contributed by atoms with Gasteiger partial charge >= 0.3 is 0 Å². The lowest BCUT2D eigenvalue weighted by molar-refractivity contribution is 0.0853. The Kier molecular flexibility index (Phi) is 3.77. The van der Waals surface area contributed by atoms with Gasteiger partial charge in [-0.1, -0.05) is 24.3 Å². The van der Waals surface area contributed by atoms with Gasteiger partial charge in [0, 0.05) is 13.3 Å². The topological polar surface area (TPSA) is 96.6 Å². The SMILES string of the molecule is CC(=O)c1cc(C(=O)N[C@H]2c3ccccc3C[C@H]2O)nc2c(F)cnn12. The summed E-state index contributed by atoms with van der Waals surface area (Å²) in [7, 11) is 0. The number of nitrogens with one attached hydrogen (secondary N) is 1. The number of aromatic nitrogens is 3. The van der Waals surface area contributed by atoms with E-state index in [9.17, 15) is 19.1 Å². The van der Waals surface area contributed by atoms with E-state index in [0.29, 0.717) is 6.42 Å². The van der Waals surface area contributed by atoms with Gasteiger partial charge in [0.2, 0.25) is 0 Å². The molecular weight excluding hydrogens is 339 g/mol. The predicted molar refractivity (Wildman–Crippen MR) is 89.3 cm³/mol. The Balaban J connectivity index is 1.71. The Hall–Kier alpha value is -3.13. The van der Waals surface area contributed by atoms with E-state index < -0.39 is 23.9 Å². The lowest BCUT2D eigenvalue weighted by Crippen LogP contribution is -2.34. The van der Waals surface area contributed by atoms with Crippen molar-refractivity contribution in [3.8, 4) is 0 Å². The van der Waals surface area contributed by atoms with Gasteiger partial charge in [0.15, 0.2) is 17.2 Å². The lowest BCUT2D eigenvalue weighted by Gasteiger charge is -2.18. The van der Waals surface area contributed by atoms with Gasteiger partial charge in [-0.25, -0.2) is 13.9 Å². The van der Waals surface area contributed by atoms with Crippen LogP contribution >= 0.6 is 0 Å². The number of carbonyl (C=O) groups excluding carboxylic acids is 2. The van der Waals surface area contributed by atoms with Crippen molar-refractivity contribution in [2.45, 2.75) is 25.5 Å². The molecule has 2 heterocycles. The molecule has 7 nitrogen and oxygen atoms in total. The third-order valence-corrected chi connectivity index (χ3v) is 4.51. The molecule has 1 aromatic carbocycles. The maximum atomic E-state index is 13.9. The summed E-state index contributed by atoms with van der Waals surface area (Å²) in [5.74, 6) is -1.70. The van der Waals surface area contributed by atoms with Gasteiger partial charge < -0.3 is 10.4 Å². The Bertz CT molecular complexity index is 1050. The van der Waals surface area contributed by atoms with Crippen molar-refractivity contribution in [1.29, 1.82) is 0 Å². The molecule has 0 bridgehead atoms. The third-order valence-electron chi connectivity index (χ3n) is 4.51. The summed E-state index contributed by atoms with van der Waals surface area (Å²) in [6, 6.07) is 8.11. The number of aliphatic hydroxyl groups is 1. The van der Waals surface area contributed by atoms with Crippen molar-refractivity contribution >= 4 is 17.3 Å². The van der Waals surface area contributed by atoms with Gasteiger partial charge in [0.1, 0.15) is 11.4 Å². The van der Waals surface area contributed by atoms with Crippen LogP contribution in [0.3, 0.4) is 0 Å². The van der Waals surface area contributed by atoms with Gasteiger partial charge in [0.25, 0.3) is 5.91 Å². The van der Waals surface area contributed by atoms with Crippen molar-refractivity contribution in [3.05, 3.63) is 64.9 Å². The number of halogens is 1. The molecule has 1 aliphatic rings. The number of rotatable bonds is 3. The van der Waals surface area contributed by atoms with Crippen LogP contribution in [0.1, 0.15) is 45.1 Å². The molecule has 2 aromatic heterocycles. The number of aliphatic hydroxyl groups excluding tert-OH is 1. The summed E-state index contributed by atoms with van der Waals surface area (Å²) in [6.07, 6.45) is 0.607. The van der Waals surface area contributed by atoms with Crippen molar-refractivity contribution < 1.29 is 19.1 Å². The van der Waals surface area contributed by atoms with E-state index in [1.165, 1.54) is 13.0 Å². The number of hydrogen-bond acceptors (Lipinski definition) is 5. The van der Waals surface area contributed by atoms with Gasteiger partial charge in [-0.3, -0.25) is 9.59 Å². The van der Waals surface area contributed by atoms with Crippen LogP contribution in [0.15, 0.2) is 36.5 Å². The average Bonchev–Trinajstić information content (AvgIpc) is 3.14. The minimum Gasteiger partial charge on any atom is -0.390 e. The number of amides is 1. The number of carbonyl (C=O) groups is 2. The average molecular weight is 354 g/mol. The van der Waals surface area contributed by atoms with Crippen LogP contribution in [0.4, 0.5) is 4.39 Å². The highest BCUT2D eigenvalue weighted by atomic mass is 19.1.